The van der Waals surface area contributed by atoms with Crippen LogP contribution in [0.1, 0.15) is 39.5 Å². The second-order valence-electron chi connectivity index (χ2n) is 7.11. The van der Waals surface area contributed by atoms with Crippen LogP contribution in [0, 0.1) is 5.41 Å². The average Bonchev–Trinajstić information content (AvgIpc) is 2.99. The maximum absolute atomic E-state index is 12.6. The Bertz CT molecular complexity index is 406. The second kappa shape index (κ2) is 11.1. The fraction of sp³-hybridized carbons (Fsp3) is 0.882. The number of hydrogen-bond donors (Lipinski definition) is 2. The van der Waals surface area contributed by atoms with Gasteiger partial charge in [-0.25, -0.2) is 0 Å². The quantitative estimate of drug-likeness (QED) is 0.351. The van der Waals surface area contributed by atoms with Crippen molar-refractivity contribution in [1.29, 1.82) is 0 Å². The summed E-state index contributed by atoms with van der Waals surface area (Å²) in [5, 5.41) is 6.70. The topological polar surface area (TPSA) is 60.0 Å². The highest BCUT2D eigenvalue weighted by molar-refractivity contribution is 14.0. The van der Waals surface area contributed by atoms with Crippen LogP contribution in [0.5, 0.6) is 0 Å². The molecule has 7 heteroatoms. The minimum Gasteiger partial charge on any atom is -0.355 e. The standard InChI is InChI=1S/C17H35N5O.HI/c1-14(2)22(6)12-11-19-16(18-3)20-13-17(9-7-8-10-17)15(23)21(4)5;/h14H,7-13H2,1-6H3,(H2,18,19,20);1H. The highest BCUT2D eigenvalue weighted by Gasteiger charge is 2.42. The molecule has 2 N–H and O–H groups in total. The first-order valence-corrected chi connectivity index (χ1v) is 8.69. The number of carbonyl (C=O) groups excluding carboxylic acids is 1. The Morgan fingerprint density at radius 1 is 1.17 bits per heavy atom. The van der Waals surface area contributed by atoms with E-state index in [1.165, 1.54) is 0 Å². The molecule has 1 aliphatic carbocycles. The van der Waals surface area contributed by atoms with E-state index < -0.39 is 0 Å². The van der Waals surface area contributed by atoms with Crippen molar-refractivity contribution in [1.82, 2.24) is 20.4 Å². The predicted octanol–water partition coefficient (Wildman–Crippen LogP) is 1.76. The van der Waals surface area contributed by atoms with Crippen LogP contribution in [-0.4, -0.2) is 75.5 Å². The summed E-state index contributed by atoms with van der Waals surface area (Å²) in [4.78, 5) is 20.9. The van der Waals surface area contributed by atoms with Crippen LogP contribution >= 0.6 is 24.0 Å². The molecule has 24 heavy (non-hydrogen) atoms. The van der Waals surface area contributed by atoms with Gasteiger partial charge in [-0.3, -0.25) is 9.79 Å². The monoisotopic (exact) mass is 453 g/mol. The zero-order chi connectivity index (χ0) is 17.5. The smallest absolute Gasteiger partial charge is 0.230 e. The number of likely N-dealkylation sites (N-methyl/N-ethyl adjacent to an activating group) is 1. The van der Waals surface area contributed by atoms with E-state index >= 15 is 0 Å². The van der Waals surface area contributed by atoms with Crippen molar-refractivity contribution in [3.05, 3.63) is 0 Å². The van der Waals surface area contributed by atoms with Crippen molar-refractivity contribution in [3.8, 4) is 0 Å². The summed E-state index contributed by atoms with van der Waals surface area (Å²) in [6.45, 7) is 6.82. The molecule has 1 amide bonds. The Labute approximate surface area is 164 Å². The molecule has 0 radical (unpaired) electrons. The summed E-state index contributed by atoms with van der Waals surface area (Å²) >= 11 is 0. The molecule has 0 atom stereocenters. The van der Waals surface area contributed by atoms with Gasteiger partial charge in [0.15, 0.2) is 5.96 Å². The Kier molecular flexibility index (Phi) is 10.9. The highest BCUT2D eigenvalue weighted by atomic mass is 127. The molecule has 0 aromatic heterocycles. The Balaban J connectivity index is 0.00000529. The van der Waals surface area contributed by atoms with Crippen molar-refractivity contribution in [3.63, 3.8) is 0 Å². The van der Waals surface area contributed by atoms with Gasteiger partial charge in [0, 0.05) is 46.8 Å². The van der Waals surface area contributed by atoms with Gasteiger partial charge < -0.3 is 20.4 Å². The van der Waals surface area contributed by atoms with Gasteiger partial charge in [-0.2, -0.15) is 0 Å². The third-order valence-electron chi connectivity index (χ3n) is 4.88. The number of guanidine groups is 1. The molecule has 0 spiro atoms. The van der Waals surface area contributed by atoms with E-state index in [0.29, 0.717) is 12.6 Å². The summed E-state index contributed by atoms with van der Waals surface area (Å²) in [6, 6.07) is 0.534. The van der Waals surface area contributed by atoms with Gasteiger partial charge in [-0.15, -0.1) is 24.0 Å². The lowest BCUT2D eigenvalue weighted by molar-refractivity contribution is -0.138. The zero-order valence-corrected chi connectivity index (χ0v) is 18.5. The van der Waals surface area contributed by atoms with E-state index in [-0.39, 0.29) is 35.3 Å². The number of rotatable bonds is 7. The molecule has 1 fully saturated rings. The van der Waals surface area contributed by atoms with Crippen molar-refractivity contribution < 1.29 is 4.79 Å². The number of aliphatic imine (C=N–C) groups is 1. The van der Waals surface area contributed by atoms with Crippen molar-refractivity contribution >= 4 is 35.8 Å². The molecule has 0 aromatic carbocycles. The molecule has 142 valence electrons. The lowest BCUT2D eigenvalue weighted by atomic mass is 9.84. The number of halogens is 1. The summed E-state index contributed by atoms with van der Waals surface area (Å²) in [6.07, 6.45) is 4.19. The minimum absolute atomic E-state index is 0. The van der Waals surface area contributed by atoms with E-state index in [9.17, 15) is 4.79 Å². The van der Waals surface area contributed by atoms with Gasteiger partial charge in [-0.1, -0.05) is 12.8 Å². The van der Waals surface area contributed by atoms with Gasteiger partial charge in [-0.05, 0) is 33.7 Å². The highest BCUT2D eigenvalue weighted by Crippen LogP contribution is 2.38. The van der Waals surface area contributed by atoms with Crippen molar-refractivity contribution in [2.45, 2.75) is 45.6 Å². The van der Waals surface area contributed by atoms with Crippen molar-refractivity contribution in [2.24, 2.45) is 10.4 Å². The fourth-order valence-corrected chi connectivity index (χ4v) is 3.07. The van der Waals surface area contributed by atoms with E-state index in [0.717, 1.165) is 44.7 Å². The predicted molar refractivity (Wildman–Crippen MR) is 112 cm³/mol. The summed E-state index contributed by atoms with van der Waals surface area (Å²) < 4.78 is 0. The molecule has 0 heterocycles. The number of nitrogens with one attached hydrogen (secondary N) is 2. The van der Waals surface area contributed by atoms with Crippen molar-refractivity contribution in [2.75, 3.05) is 47.8 Å². The molecule has 6 nitrogen and oxygen atoms in total. The summed E-state index contributed by atoms with van der Waals surface area (Å²) in [7, 11) is 7.58. The molecule has 1 aliphatic rings. The van der Waals surface area contributed by atoms with E-state index in [1.54, 1.807) is 11.9 Å². The first-order chi connectivity index (χ1) is 10.8. The summed E-state index contributed by atoms with van der Waals surface area (Å²) in [5.74, 6) is 1.01. The fourth-order valence-electron chi connectivity index (χ4n) is 3.07. The maximum Gasteiger partial charge on any atom is 0.230 e. The number of carbonyl (C=O) groups is 1. The van der Waals surface area contributed by atoms with Gasteiger partial charge in [0.25, 0.3) is 0 Å². The minimum atomic E-state index is -0.268. The van der Waals surface area contributed by atoms with Crippen LogP contribution in [-0.2, 0) is 4.79 Å². The van der Waals surface area contributed by atoms with E-state index in [4.69, 9.17) is 0 Å². The van der Waals surface area contributed by atoms with Crippen LogP contribution in [0.25, 0.3) is 0 Å². The maximum atomic E-state index is 12.6. The molecule has 1 rings (SSSR count). The SMILES string of the molecule is CN=C(NCCN(C)C(C)C)NCC1(C(=O)N(C)C)CCCC1.I. The lowest BCUT2D eigenvalue weighted by Gasteiger charge is -2.31. The lowest BCUT2D eigenvalue weighted by Crippen LogP contribution is -2.50. The first-order valence-electron chi connectivity index (χ1n) is 8.69. The number of hydrogen-bond acceptors (Lipinski definition) is 3. The zero-order valence-electron chi connectivity index (χ0n) is 16.2. The van der Waals surface area contributed by atoms with Crippen LogP contribution in [0.2, 0.25) is 0 Å². The Hall–Kier alpha value is -0.570. The van der Waals surface area contributed by atoms with Gasteiger partial charge in [0.05, 0.1) is 5.41 Å². The van der Waals surface area contributed by atoms with E-state index in [1.807, 2.05) is 14.1 Å². The molecular weight excluding hydrogens is 417 g/mol. The van der Waals surface area contributed by atoms with E-state index in [2.05, 4.69) is 41.4 Å². The largest absolute Gasteiger partial charge is 0.355 e. The van der Waals surface area contributed by atoms with Crippen LogP contribution in [0.15, 0.2) is 4.99 Å². The third-order valence-corrected chi connectivity index (χ3v) is 4.88. The van der Waals surface area contributed by atoms with Crippen LogP contribution < -0.4 is 10.6 Å². The molecule has 0 saturated heterocycles. The molecule has 0 aliphatic heterocycles. The molecule has 1 saturated carbocycles. The Morgan fingerprint density at radius 3 is 2.21 bits per heavy atom. The second-order valence-corrected chi connectivity index (χ2v) is 7.11. The first kappa shape index (κ1) is 23.4. The van der Waals surface area contributed by atoms with Crippen LogP contribution in [0.3, 0.4) is 0 Å². The molecule has 0 unspecified atom stereocenters. The number of amides is 1. The van der Waals surface area contributed by atoms with Gasteiger partial charge in [0.2, 0.25) is 5.91 Å². The Morgan fingerprint density at radius 2 is 1.75 bits per heavy atom. The van der Waals surface area contributed by atoms with Gasteiger partial charge in [0.1, 0.15) is 0 Å². The normalized spacial score (nSPS) is 16.9. The van der Waals surface area contributed by atoms with Crippen LogP contribution in [0.4, 0.5) is 0 Å². The number of nitrogens with zero attached hydrogens (tertiary/aromatic N) is 3. The van der Waals surface area contributed by atoms with Gasteiger partial charge >= 0.3 is 0 Å². The molecular formula is C17H36IN5O. The summed E-state index contributed by atoms with van der Waals surface area (Å²) in [5.41, 5.74) is -0.268. The average molecular weight is 453 g/mol. The molecule has 0 aromatic rings. The molecule has 0 bridgehead atoms. The third kappa shape index (κ3) is 6.74.